The van der Waals surface area contributed by atoms with Crippen molar-refractivity contribution in [2.75, 3.05) is 5.73 Å². The van der Waals surface area contributed by atoms with Gasteiger partial charge in [0.2, 0.25) is 10.0 Å². The van der Waals surface area contributed by atoms with Crippen LogP contribution in [0.15, 0.2) is 23.1 Å². The summed E-state index contributed by atoms with van der Waals surface area (Å²) in [5, 5.41) is 9.56. The van der Waals surface area contributed by atoms with Crippen LogP contribution in [-0.4, -0.2) is 25.2 Å². The number of benzene rings is 1. The maximum atomic E-state index is 12.2. The van der Waals surface area contributed by atoms with E-state index in [9.17, 15) is 13.5 Å². The Morgan fingerprint density at radius 2 is 1.94 bits per heavy atom. The zero-order chi connectivity index (χ0) is 14.1. The van der Waals surface area contributed by atoms with Crippen LogP contribution in [0.5, 0.6) is 0 Å². The Labute approximate surface area is 108 Å². The Morgan fingerprint density at radius 1 is 1.39 bits per heavy atom. The first-order valence-corrected chi connectivity index (χ1v) is 7.13. The Balaban J connectivity index is 3.20. The SMILES string of the molecule is Cc1c(N)cccc1S(=O)(=O)NC(C)(C)C(C)O. The van der Waals surface area contributed by atoms with Crippen LogP contribution in [0.4, 0.5) is 5.69 Å². The summed E-state index contributed by atoms with van der Waals surface area (Å²) in [6.45, 7) is 6.43. The summed E-state index contributed by atoms with van der Waals surface area (Å²) in [7, 11) is -3.71. The van der Waals surface area contributed by atoms with E-state index in [1.807, 2.05) is 0 Å². The van der Waals surface area contributed by atoms with E-state index in [4.69, 9.17) is 5.73 Å². The third-order valence-electron chi connectivity index (χ3n) is 3.06. The molecule has 0 radical (unpaired) electrons. The molecule has 0 fully saturated rings. The van der Waals surface area contributed by atoms with Crippen LogP contribution in [-0.2, 0) is 10.0 Å². The third kappa shape index (κ3) is 3.01. The molecular weight excluding hydrogens is 252 g/mol. The summed E-state index contributed by atoms with van der Waals surface area (Å²) in [6, 6.07) is 4.73. The van der Waals surface area contributed by atoms with E-state index in [0.717, 1.165) is 0 Å². The molecule has 4 N–H and O–H groups in total. The number of rotatable bonds is 4. The van der Waals surface area contributed by atoms with Gasteiger partial charge in [0.05, 0.1) is 16.5 Å². The number of anilines is 1. The average molecular weight is 272 g/mol. The zero-order valence-corrected chi connectivity index (χ0v) is 11.9. The van der Waals surface area contributed by atoms with Crippen LogP contribution in [0.1, 0.15) is 26.3 Å². The van der Waals surface area contributed by atoms with Gasteiger partial charge in [-0.1, -0.05) is 6.07 Å². The number of sulfonamides is 1. The summed E-state index contributed by atoms with van der Waals surface area (Å²) in [6.07, 6.45) is -0.811. The molecule has 0 heterocycles. The van der Waals surface area contributed by atoms with E-state index in [1.54, 1.807) is 32.9 Å². The highest BCUT2D eigenvalue weighted by molar-refractivity contribution is 7.89. The molecule has 0 aromatic heterocycles. The fourth-order valence-electron chi connectivity index (χ4n) is 1.41. The van der Waals surface area contributed by atoms with Gasteiger partial charge in [-0.3, -0.25) is 0 Å². The predicted octanol–water partition coefficient (Wildman–Crippen LogP) is 1.01. The van der Waals surface area contributed by atoms with Gasteiger partial charge in [0.1, 0.15) is 0 Å². The lowest BCUT2D eigenvalue weighted by molar-refractivity contribution is 0.111. The van der Waals surface area contributed by atoms with Crippen LogP contribution in [0.25, 0.3) is 0 Å². The molecule has 0 spiro atoms. The molecule has 1 atom stereocenters. The van der Waals surface area contributed by atoms with Crippen molar-refractivity contribution in [1.82, 2.24) is 4.72 Å². The van der Waals surface area contributed by atoms with Crippen molar-refractivity contribution < 1.29 is 13.5 Å². The molecule has 0 aliphatic carbocycles. The molecule has 0 amide bonds. The van der Waals surface area contributed by atoms with Gasteiger partial charge in [0.15, 0.2) is 0 Å². The summed E-state index contributed by atoms with van der Waals surface area (Å²) in [5.41, 5.74) is 5.68. The molecular formula is C12H20N2O3S. The van der Waals surface area contributed by atoms with E-state index < -0.39 is 21.7 Å². The molecule has 1 aromatic rings. The van der Waals surface area contributed by atoms with Crippen molar-refractivity contribution >= 4 is 15.7 Å². The van der Waals surface area contributed by atoms with Crippen molar-refractivity contribution in [2.24, 2.45) is 0 Å². The van der Waals surface area contributed by atoms with E-state index in [2.05, 4.69) is 4.72 Å². The molecule has 5 nitrogen and oxygen atoms in total. The topological polar surface area (TPSA) is 92.4 Å². The number of aliphatic hydroxyl groups excluding tert-OH is 1. The standard InChI is InChI=1S/C12H20N2O3S/c1-8-10(13)6-5-7-11(8)18(16,17)14-12(3,4)9(2)15/h5-7,9,14-15H,13H2,1-4H3. The lowest BCUT2D eigenvalue weighted by Gasteiger charge is -2.29. The molecule has 18 heavy (non-hydrogen) atoms. The van der Waals surface area contributed by atoms with Crippen molar-refractivity contribution in [2.45, 2.75) is 44.2 Å². The highest BCUT2D eigenvalue weighted by Crippen LogP contribution is 2.22. The monoisotopic (exact) mass is 272 g/mol. The first-order valence-electron chi connectivity index (χ1n) is 5.65. The predicted molar refractivity (Wildman–Crippen MR) is 71.7 cm³/mol. The second-order valence-corrected chi connectivity index (χ2v) is 6.62. The van der Waals surface area contributed by atoms with Crippen LogP contribution < -0.4 is 10.5 Å². The van der Waals surface area contributed by atoms with Gasteiger partial charge < -0.3 is 10.8 Å². The minimum absolute atomic E-state index is 0.135. The fourth-order valence-corrected chi connectivity index (χ4v) is 3.16. The van der Waals surface area contributed by atoms with Crippen molar-refractivity contribution in [1.29, 1.82) is 0 Å². The smallest absolute Gasteiger partial charge is 0.241 e. The normalized spacial score (nSPS) is 14.5. The van der Waals surface area contributed by atoms with Gasteiger partial charge in [-0.25, -0.2) is 13.1 Å². The van der Waals surface area contributed by atoms with E-state index >= 15 is 0 Å². The maximum absolute atomic E-state index is 12.2. The lowest BCUT2D eigenvalue weighted by atomic mass is 10.0. The fraction of sp³-hybridized carbons (Fsp3) is 0.500. The summed E-state index contributed by atoms with van der Waals surface area (Å²) in [5.74, 6) is 0. The maximum Gasteiger partial charge on any atom is 0.241 e. The second-order valence-electron chi connectivity index (χ2n) is 4.97. The number of aliphatic hydroxyl groups is 1. The third-order valence-corrected chi connectivity index (χ3v) is 4.87. The first-order chi connectivity index (χ1) is 8.08. The number of hydrogen-bond donors (Lipinski definition) is 3. The number of hydrogen-bond acceptors (Lipinski definition) is 4. The molecule has 0 bridgehead atoms. The molecule has 1 unspecified atom stereocenters. The Bertz CT molecular complexity index is 536. The van der Waals surface area contributed by atoms with E-state index in [1.165, 1.54) is 13.0 Å². The second kappa shape index (κ2) is 4.87. The van der Waals surface area contributed by atoms with Crippen molar-refractivity contribution in [3.63, 3.8) is 0 Å². The molecule has 6 heteroatoms. The van der Waals surface area contributed by atoms with E-state index in [-0.39, 0.29) is 4.90 Å². The first kappa shape index (κ1) is 14.9. The van der Waals surface area contributed by atoms with Crippen LogP contribution >= 0.6 is 0 Å². The lowest BCUT2D eigenvalue weighted by Crippen LogP contribution is -2.50. The quantitative estimate of drug-likeness (QED) is 0.713. The Hall–Kier alpha value is -1.11. The molecule has 102 valence electrons. The minimum atomic E-state index is -3.71. The highest BCUT2D eigenvalue weighted by atomic mass is 32.2. The molecule has 1 rings (SSSR count). The zero-order valence-electron chi connectivity index (χ0n) is 11.1. The Morgan fingerprint density at radius 3 is 2.44 bits per heavy atom. The van der Waals surface area contributed by atoms with Gasteiger partial charge in [-0.05, 0) is 45.4 Å². The van der Waals surface area contributed by atoms with Gasteiger partial charge in [0.25, 0.3) is 0 Å². The molecule has 1 aromatic carbocycles. The molecule has 0 saturated heterocycles. The van der Waals surface area contributed by atoms with Crippen molar-refractivity contribution in [3.05, 3.63) is 23.8 Å². The molecule has 0 saturated carbocycles. The highest BCUT2D eigenvalue weighted by Gasteiger charge is 2.31. The summed E-state index contributed by atoms with van der Waals surface area (Å²) >= 11 is 0. The Kier molecular flexibility index (Phi) is 4.05. The number of nitrogens with two attached hydrogens (primary N) is 1. The van der Waals surface area contributed by atoms with Gasteiger partial charge in [-0.15, -0.1) is 0 Å². The number of nitrogens with one attached hydrogen (secondary N) is 1. The van der Waals surface area contributed by atoms with Gasteiger partial charge in [-0.2, -0.15) is 0 Å². The molecule has 0 aliphatic heterocycles. The average Bonchev–Trinajstić information content (AvgIpc) is 2.20. The minimum Gasteiger partial charge on any atom is -0.398 e. The van der Waals surface area contributed by atoms with Crippen molar-refractivity contribution in [3.8, 4) is 0 Å². The number of nitrogen functional groups attached to an aromatic ring is 1. The summed E-state index contributed by atoms with van der Waals surface area (Å²) < 4.78 is 27.0. The van der Waals surface area contributed by atoms with Gasteiger partial charge in [0, 0.05) is 5.69 Å². The van der Waals surface area contributed by atoms with Crippen LogP contribution in [0.2, 0.25) is 0 Å². The van der Waals surface area contributed by atoms with Crippen LogP contribution in [0.3, 0.4) is 0 Å². The summed E-state index contributed by atoms with van der Waals surface area (Å²) in [4.78, 5) is 0.135. The van der Waals surface area contributed by atoms with E-state index in [0.29, 0.717) is 11.3 Å². The van der Waals surface area contributed by atoms with Crippen LogP contribution in [0, 0.1) is 6.92 Å². The van der Waals surface area contributed by atoms with Gasteiger partial charge >= 0.3 is 0 Å². The molecule has 0 aliphatic rings. The largest absolute Gasteiger partial charge is 0.398 e.